The fourth-order valence-electron chi connectivity index (χ4n) is 1.11. The van der Waals surface area contributed by atoms with Gasteiger partial charge in [-0.3, -0.25) is 4.79 Å². The van der Waals surface area contributed by atoms with Crippen LogP contribution in [0.25, 0.3) is 0 Å². The molecule has 1 fully saturated rings. The molecule has 1 aliphatic heterocycles. The van der Waals surface area contributed by atoms with Crippen molar-refractivity contribution in [2.75, 3.05) is 20.1 Å². The minimum Gasteiger partial charge on any atom is -0.333 e. The molecule has 0 bridgehead atoms. The zero-order valence-corrected chi connectivity index (χ0v) is 7.76. The highest BCUT2D eigenvalue weighted by atomic mass is 16.2. The van der Waals surface area contributed by atoms with Gasteiger partial charge in [-0.25, -0.2) is 0 Å². The molecule has 0 aromatic heterocycles. The van der Waals surface area contributed by atoms with Crippen molar-refractivity contribution < 1.29 is 4.79 Å². The number of nitrogens with two attached hydrogens (primary N) is 1. The van der Waals surface area contributed by atoms with Crippen molar-refractivity contribution in [1.82, 2.24) is 4.90 Å². The van der Waals surface area contributed by atoms with Crippen molar-refractivity contribution in [3.8, 4) is 11.8 Å². The third kappa shape index (κ3) is 3.40. The molecule has 2 N–H and O–H groups in total. The van der Waals surface area contributed by atoms with Crippen molar-refractivity contribution in [2.24, 2.45) is 5.73 Å². The highest BCUT2D eigenvalue weighted by Crippen LogP contribution is 2.06. The third-order valence-corrected chi connectivity index (χ3v) is 1.63. The van der Waals surface area contributed by atoms with Crippen LogP contribution >= 0.6 is 0 Å². The summed E-state index contributed by atoms with van der Waals surface area (Å²) in [5.41, 5.74) is 4.50. The highest BCUT2D eigenvalue weighted by molar-refractivity contribution is 5.93. The van der Waals surface area contributed by atoms with E-state index < -0.39 is 0 Å². The molecule has 3 heteroatoms. The Morgan fingerprint density at radius 3 is 2.25 bits per heavy atom. The van der Waals surface area contributed by atoms with Gasteiger partial charge in [0, 0.05) is 13.1 Å². The number of likely N-dealkylation sites (tertiary alicyclic amines) is 1. The molecule has 1 heterocycles. The second-order valence-electron chi connectivity index (χ2n) is 2.37. The fourth-order valence-corrected chi connectivity index (χ4v) is 1.11. The number of nitrogens with zero attached hydrogens (tertiary/aromatic N) is 1. The van der Waals surface area contributed by atoms with Crippen LogP contribution in [-0.4, -0.2) is 30.9 Å². The zero-order chi connectivity index (χ0) is 9.40. The first-order valence-corrected chi connectivity index (χ1v) is 4.14. The van der Waals surface area contributed by atoms with Gasteiger partial charge >= 0.3 is 0 Å². The van der Waals surface area contributed by atoms with Gasteiger partial charge in [0.05, 0.1) is 0 Å². The Bertz CT molecular complexity index is 184. The number of carbonyl (C=O) groups is 1. The maximum Gasteiger partial charge on any atom is 0.298 e. The van der Waals surface area contributed by atoms with Gasteiger partial charge in [0.15, 0.2) is 0 Å². The first kappa shape index (κ1) is 11.0. The van der Waals surface area contributed by atoms with Crippen LogP contribution in [0, 0.1) is 11.8 Å². The van der Waals surface area contributed by atoms with E-state index in [2.05, 4.69) is 17.6 Å². The summed E-state index contributed by atoms with van der Waals surface area (Å²) in [5.74, 6) is 5.11. The molecule has 0 unspecified atom stereocenters. The molecule has 0 aromatic carbocycles. The van der Waals surface area contributed by atoms with E-state index in [9.17, 15) is 4.79 Å². The Morgan fingerprint density at radius 2 is 1.83 bits per heavy atom. The first-order valence-electron chi connectivity index (χ1n) is 4.14. The summed E-state index contributed by atoms with van der Waals surface area (Å²) < 4.78 is 0. The molecule has 12 heavy (non-hydrogen) atoms. The Hall–Kier alpha value is -1.01. The molecular weight excluding hydrogens is 152 g/mol. The molecule has 0 radical (unpaired) electrons. The largest absolute Gasteiger partial charge is 0.333 e. The molecule has 1 aliphatic rings. The maximum atomic E-state index is 11.0. The van der Waals surface area contributed by atoms with Crippen LogP contribution in [0.1, 0.15) is 19.8 Å². The summed E-state index contributed by atoms with van der Waals surface area (Å²) in [7, 11) is 1.50. The summed E-state index contributed by atoms with van der Waals surface area (Å²) in [4.78, 5) is 12.8. The lowest BCUT2D eigenvalue weighted by Crippen LogP contribution is -2.25. The van der Waals surface area contributed by atoms with E-state index >= 15 is 0 Å². The van der Waals surface area contributed by atoms with Gasteiger partial charge in [-0.05, 0) is 32.7 Å². The molecule has 1 rings (SSSR count). The van der Waals surface area contributed by atoms with Crippen LogP contribution in [-0.2, 0) is 4.79 Å². The topological polar surface area (TPSA) is 46.3 Å². The van der Waals surface area contributed by atoms with E-state index in [1.807, 2.05) is 0 Å². The van der Waals surface area contributed by atoms with E-state index in [0.29, 0.717) is 0 Å². The minimum atomic E-state index is -0.0139. The van der Waals surface area contributed by atoms with Crippen molar-refractivity contribution in [3.63, 3.8) is 0 Å². The lowest BCUT2D eigenvalue weighted by molar-refractivity contribution is -0.124. The Morgan fingerprint density at radius 1 is 1.33 bits per heavy atom. The summed E-state index contributed by atoms with van der Waals surface area (Å²) in [6.07, 6.45) is 2.27. The summed E-state index contributed by atoms with van der Waals surface area (Å²) >= 11 is 0. The molecule has 3 nitrogen and oxygen atoms in total. The molecule has 68 valence electrons. The first-order chi connectivity index (χ1) is 5.84. The number of hydrogen-bond donors (Lipinski definition) is 1. The molecule has 0 aliphatic carbocycles. The second-order valence-corrected chi connectivity index (χ2v) is 2.37. The van der Waals surface area contributed by atoms with E-state index in [4.69, 9.17) is 0 Å². The van der Waals surface area contributed by atoms with Crippen LogP contribution < -0.4 is 5.73 Å². The Balaban J connectivity index is 0.000000561. The predicted octanol–water partition coefficient (Wildman–Crippen LogP) is 0.207. The molecule has 0 atom stereocenters. The minimum absolute atomic E-state index is 0.0139. The van der Waals surface area contributed by atoms with Crippen molar-refractivity contribution in [2.45, 2.75) is 19.8 Å². The van der Waals surface area contributed by atoms with E-state index in [0.717, 1.165) is 25.9 Å². The summed E-state index contributed by atoms with van der Waals surface area (Å²) in [5, 5.41) is 0. The molecular formula is C9H16N2O. The van der Waals surface area contributed by atoms with Crippen LogP contribution in [0.15, 0.2) is 0 Å². The average molecular weight is 168 g/mol. The standard InChI is InChI=1S/C8H11NO.CH5N/c1-2-5-8(10)9-6-3-4-7-9;1-2/h3-4,6-7H2,1H3;2H2,1H3. The number of carbonyl (C=O) groups excluding carboxylic acids is 1. The Labute approximate surface area is 73.9 Å². The quantitative estimate of drug-likeness (QED) is 0.525. The van der Waals surface area contributed by atoms with Crippen molar-refractivity contribution in [1.29, 1.82) is 0 Å². The van der Waals surface area contributed by atoms with Crippen LogP contribution in [0.5, 0.6) is 0 Å². The summed E-state index contributed by atoms with van der Waals surface area (Å²) in [6, 6.07) is 0. The van der Waals surface area contributed by atoms with E-state index in [1.165, 1.54) is 7.05 Å². The molecule has 0 saturated carbocycles. The number of amides is 1. The fraction of sp³-hybridized carbons (Fsp3) is 0.667. The van der Waals surface area contributed by atoms with Crippen LogP contribution in [0.2, 0.25) is 0 Å². The molecule has 0 spiro atoms. The van der Waals surface area contributed by atoms with Crippen molar-refractivity contribution in [3.05, 3.63) is 0 Å². The lowest BCUT2D eigenvalue weighted by Gasteiger charge is -2.09. The third-order valence-electron chi connectivity index (χ3n) is 1.63. The zero-order valence-electron chi connectivity index (χ0n) is 7.76. The van der Waals surface area contributed by atoms with E-state index in [-0.39, 0.29) is 5.91 Å². The molecule has 1 amide bonds. The number of rotatable bonds is 0. The predicted molar refractivity (Wildman–Crippen MR) is 49.4 cm³/mol. The normalized spacial score (nSPS) is 14.1. The van der Waals surface area contributed by atoms with Gasteiger partial charge in [0.2, 0.25) is 0 Å². The number of hydrogen-bond acceptors (Lipinski definition) is 2. The second kappa shape index (κ2) is 6.68. The highest BCUT2D eigenvalue weighted by Gasteiger charge is 2.14. The van der Waals surface area contributed by atoms with Crippen molar-refractivity contribution >= 4 is 5.91 Å². The SMILES string of the molecule is CC#CC(=O)N1CCCC1.CN. The van der Waals surface area contributed by atoms with Gasteiger partial charge in [0.25, 0.3) is 5.91 Å². The Kier molecular flexibility index (Phi) is 6.12. The van der Waals surface area contributed by atoms with Gasteiger partial charge in [-0.2, -0.15) is 0 Å². The van der Waals surface area contributed by atoms with Gasteiger partial charge in [0.1, 0.15) is 0 Å². The van der Waals surface area contributed by atoms with Gasteiger partial charge in [-0.1, -0.05) is 5.92 Å². The monoisotopic (exact) mass is 168 g/mol. The average Bonchev–Trinajstić information content (AvgIpc) is 2.60. The van der Waals surface area contributed by atoms with Gasteiger partial charge in [-0.15, -0.1) is 0 Å². The van der Waals surface area contributed by atoms with Crippen LogP contribution in [0.4, 0.5) is 0 Å². The molecule has 0 aromatic rings. The van der Waals surface area contributed by atoms with Crippen LogP contribution in [0.3, 0.4) is 0 Å². The maximum absolute atomic E-state index is 11.0. The molecule has 1 saturated heterocycles. The summed E-state index contributed by atoms with van der Waals surface area (Å²) in [6.45, 7) is 3.48. The smallest absolute Gasteiger partial charge is 0.298 e. The lowest BCUT2D eigenvalue weighted by atomic mass is 10.4. The van der Waals surface area contributed by atoms with Gasteiger partial charge < -0.3 is 10.6 Å². The van der Waals surface area contributed by atoms with E-state index in [1.54, 1.807) is 11.8 Å².